The Labute approximate surface area is 105 Å². The second kappa shape index (κ2) is 3.58. The third-order valence-electron chi connectivity index (χ3n) is 5.44. The molecular weight excluding hydrogens is 206 g/mol. The predicted molar refractivity (Wildman–Crippen MR) is 72.4 cm³/mol. The molecule has 1 aliphatic heterocycles. The van der Waals surface area contributed by atoms with E-state index >= 15 is 0 Å². The van der Waals surface area contributed by atoms with Gasteiger partial charge in [0.1, 0.15) is 0 Å². The normalized spacial score (nSPS) is 36.7. The minimum atomic E-state index is 0.400. The molecule has 2 aliphatic rings. The number of nitrogens with zero attached hydrogens (tertiary/aromatic N) is 1. The first kappa shape index (κ1) is 11.3. The van der Waals surface area contributed by atoms with Crippen LogP contribution in [0.4, 0.5) is 0 Å². The van der Waals surface area contributed by atoms with Crippen molar-refractivity contribution in [3.63, 3.8) is 0 Å². The number of fused-ring (bicyclic) bond motifs is 4. The van der Waals surface area contributed by atoms with Crippen molar-refractivity contribution in [2.75, 3.05) is 13.6 Å². The average molecular weight is 229 g/mol. The minimum Gasteiger partial charge on any atom is -0.303 e. The Morgan fingerprint density at radius 1 is 1.35 bits per heavy atom. The second-order valence-electron chi connectivity index (χ2n) is 6.37. The molecule has 1 nitrogen and oxygen atoms in total. The van der Waals surface area contributed by atoms with Crippen LogP contribution in [-0.2, 0) is 11.8 Å². The van der Waals surface area contributed by atoms with Gasteiger partial charge in [-0.1, -0.05) is 37.6 Å². The third kappa shape index (κ3) is 1.48. The minimum absolute atomic E-state index is 0.400. The van der Waals surface area contributed by atoms with Crippen molar-refractivity contribution in [2.24, 2.45) is 5.92 Å². The fraction of sp³-hybridized carbons (Fsp3) is 0.625. The van der Waals surface area contributed by atoms with Gasteiger partial charge in [0.15, 0.2) is 0 Å². The molecule has 1 aromatic carbocycles. The summed E-state index contributed by atoms with van der Waals surface area (Å²) in [7, 11) is 2.29. The Morgan fingerprint density at radius 2 is 2.12 bits per heavy atom. The molecule has 0 saturated carbocycles. The fourth-order valence-corrected chi connectivity index (χ4v) is 3.95. The van der Waals surface area contributed by atoms with E-state index in [4.69, 9.17) is 0 Å². The number of likely N-dealkylation sites (tertiary alicyclic amines) is 1. The third-order valence-corrected chi connectivity index (χ3v) is 5.44. The van der Waals surface area contributed by atoms with Gasteiger partial charge in [0, 0.05) is 6.04 Å². The number of hydrogen-bond acceptors (Lipinski definition) is 1. The average Bonchev–Trinajstić information content (AvgIpc) is 2.30. The number of aryl methyl sites for hydroxylation is 1. The first-order valence-corrected chi connectivity index (χ1v) is 6.82. The summed E-state index contributed by atoms with van der Waals surface area (Å²) >= 11 is 0. The summed E-state index contributed by atoms with van der Waals surface area (Å²) < 4.78 is 0. The van der Waals surface area contributed by atoms with Crippen LogP contribution in [-0.4, -0.2) is 24.5 Å². The lowest BCUT2D eigenvalue weighted by molar-refractivity contribution is 0.0507. The van der Waals surface area contributed by atoms with E-state index in [0.717, 1.165) is 12.0 Å². The van der Waals surface area contributed by atoms with E-state index in [9.17, 15) is 0 Å². The summed E-state index contributed by atoms with van der Waals surface area (Å²) in [5.74, 6) is 0.774. The highest BCUT2D eigenvalue weighted by Crippen LogP contribution is 2.48. The molecule has 0 radical (unpaired) electrons. The molecule has 1 saturated heterocycles. The summed E-state index contributed by atoms with van der Waals surface area (Å²) in [6, 6.07) is 7.81. The fourth-order valence-electron chi connectivity index (χ4n) is 3.95. The van der Waals surface area contributed by atoms with E-state index in [2.05, 4.69) is 50.9 Å². The molecule has 1 aliphatic carbocycles. The van der Waals surface area contributed by atoms with Crippen LogP contribution >= 0.6 is 0 Å². The highest BCUT2D eigenvalue weighted by atomic mass is 15.1. The number of likely N-dealkylation sites (N-methyl/N-ethyl adjacent to an activating group) is 1. The van der Waals surface area contributed by atoms with Gasteiger partial charge in [-0.05, 0) is 55.8 Å². The monoisotopic (exact) mass is 229 g/mol. The Balaban J connectivity index is 2.16. The van der Waals surface area contributed by atoms with Crippen molar-refractivity contribution >= 4 is 0 Å². The maximum absolute atomic E-state index is 2.56. The lowest BCUT2D eigenvalue weighted by Crippen LogP contribution is -2.56. The molecule has 17 heavy (non-hydrogen) atoms. The van der Waals surface area contributed by atoms with Gasteiger partial charge in [-0.25, -0.2) is 0 Å². The molecule has 0 N–H and O–H groups in total. The summed E-state index contributed by atoms with van der Waals surface area (Å²) in [5.41, 5.74) is 5.04. The van der Waals surface area contributed by atoms with Gasteiger partial charge in [-0.15, -0.1) is 0 Å². The summed E-state index contributed by atoms with van der Waals surface area (Å²) in [4.78, 5) is 2.56. The molecule has 1 heteroatoms. The van der Waals surface area contributed by atoms with Crippen LogP contribution in [0.25, 0.3) is 0 Å². The van der Waals surface area contributed by atoms with E-state index < -0.39 is 0 Å². The largest absolute Gasteiger partial charge is 0.303 e. The van der Waals surface area contributed by atoms with Gasteiger partial charge >= 0.3 is 0 Å². The molecule has 2 bridgehead atoms. The number of benzene rings is 1. The van der Waals surface area contributed by atoms with Gasteiger partial charge < -0.3 is 4.90 Å². The summed E-state index contributed by atoms with van der Waals surface area (Å²) in [5, 5.41) is 0. The standard InChI is InChI=1S/C16H23N/c1-11-5-6-13-10-15-12(2)16(3,14(13)9-11)7-8-17(15)4/h5-6,9,12,15H,7-8,10H2,1-4H3/t12?,15?,16-/m1/s1. The maximum Gasteiger partial charge on any atom is 0.0167 e. The molecule has 1 fully saturated rings. The van der Waals surface area contributed by atoms with E-state index in [-0.39, 0.29) is 0 Å². The van der Waals surface area contributed by atoms with Crippen LogP contribution in [0, 0.1) is 12.8 Å². The zero-order chi connectivity index (χ0) is 12.2. The summed E-state index contributed by atoms with van der Waals surface area (Å²) in [6.45, 7) is 8.40. The zero-order valence-corrected chi connectivity index (χ0v) is 11.5. The quantitative estimate of drug-likeness (QED) is 0.660. The molecule has 2 unspecified atom stereocenters. The topological polar surface area (TPSA) is 3.24 Å². The molecule has 3 atom stereocenters. The van der Waals surface area contributed by atoms with Crippen molar-refractivity contribution < 1.29 is 0 Å². The molecule has 1 heterocycles. The van der Waals surface area contributed by atoms with Crippen LogP contribution < -0.4 is 0 Å². The van der Waals surface area contributed by atoms with Crippen molar-refractivity contribution in [1.29, 1.82) is 0 Å². The number of hydrogen-bond donors (Lipinski definition) is 0. The van der Waals surface area contributed by atoms with Gasteiger partial charge in [0.25, 0.3) is 0 Å². The first-order valence-electron chi connectivity index (χ1n) is 6.82. The molecule has 0 aromatic heterocycles. The van der Waals surface area contributed by atoms with Gasteiger partial charge in [-0.3, -0.25) is 0 Å². The van der Waals surface area contributed by atoms with Gasteiger partial charge in [0.2, 0.25) is 0 Å². The van der Waals surface area contributed by atoms with E-state index in [1.54, 1.807) is 11.1 Å². The number of rotatable bonds is 0. The first-order chi connectivity index (χ1) is 8.02. The van der Waals surface area contributed by atoms with E-state index in [1.165, 1.54) is 24.9 Å². The molecule has 1 aromatic rings. The van der Waals surface area contributed by atoms with Gasteiger partial charge in [0.05, 0.1) is 0 Å². The molecule has 3 rings (SSSR count). The van der Waals surface area contributed by atoms with Gasteiger partial charge in [-0.2, -0.15) is 0 Å². The van der Waals surface area contributed by atoms with Crippen molar-refractivity contribution in [2.45, 2.75) is 45.1 Å². The highest BCUT2D eigenvalue weighted by Gasteiger charge is 2.47. The van der Waals surface area contributed by atoms with Crippen LogP contribution in [0.2, 0.25) is 0 Å². The Hall–Kier alpha value is -0.820. The van der Waals surface area contributed by atoms with Crippen LogP contribution in [0.5, 0.6) is 0 Å². The number of piperidine rings is 1. The highest BCUT2D eigenvalue weighted by molar-refractivity contribution is 5.42. The molecule has 92 valence electrons. The predicted octanol–water partition coefficient (Wildman–Crippen LogP) is 3.15. The Morgan fingerprint density at radius 3 is 2.88 bits per heavy atom. The van der Waals surface area contributed by atoms with Crippen molar-refractivity contribution in [3.05, 3.63) is 34.9 Å². The lowest BCUT2D eigenvalue weighted by atomic mass is 9.59. The Kier molecular flexibility index (Phi) is 2.38. The van der Waals surface area contributed by atoms with Crippen LogP contribution in [0.3, 0.4) is 0 Å². The van der Waals surface area contributed by atoms with E-state index in [0.29, 0.717) is 5.41 Å². The maximum atomic E-state index is 2.56. The summed E-state index contributed by atoms with van der Waals surface area (Å²) in [6.07, 6.45) is 2.54. The second-order valence-corrected chi connectivity index (χ2v) is 6.37. The Bertz CT molecular complexity index is 451. The molecule has 0 amide bonds. The van der Waals surface area contributed by atoms with Crippen LogP contribution in [0.15, 0.2) is 18.2 Å². The zero-order valence-electron chi connectivity index (χ0n) is 11.5. The smallest absolute Gasteiger partial charge is 0.0167 e. The van der Waals surface area contributed by atoms with Crippen LogP contribution in [0.1, 0.15) is 37.0 Å². The van der Waals surface area contributed by atoms with E-state index in [1.807, 2.05) is 0 Å². The molecule has 0 spiro atoms. The SMILES string of the molecule is Cc1ccc2c(c1)[C@]1(C)CCN(C)C(C2)C1C. The molecular formula is C16H23N. The lowest BCUT2D eigenvalue weighted by Gasteiger charge is -2.53. The van der Waals surface area contributed by atoms with Crippen molar-refractivity contribution in [3.8, 4) is 0 Å². The van der Waals surface area contributed by atoms with Crippen molar-refractivity contribution in [1.82, 2.24) is 4.90 Å².